The molecule has 2 aromatic rings. The van der Waals surface area contributed by atoms with E-state index in [1.165, 1.54) is 6.07 Å². The maximum atomic E-state index is 13.4. The number of hydrogen-bond acceptors (Lipinski definition) is 4. The van der Waals surface area contributed by atoms with Crippen molar-refractivity contribution in [1.82, 2.24) is 14.9 Å². The van der Waals surface area contributed by atoms with Crippen molar-refractivity contribution in [3.05, 3.63) is 40.0 Å². The van der Waals surface area contributed by atoms with Crippen LogP contribution in [-0.2, 0) is 23.9 Å². The summed E-state index contributed by atoms with van der Waals surface area (Å²) in [5.41, 5.74) is 0.486. The molecule has 0 spiro atoms. The summed E-state index contributed by atoms with van der Waals surface area (Å²) in [6.07, 6.45) is -8.65. The minimum atomic E-state index is -4.98. The van der Waals surface area contributed by atoms with Gasteiger partial charge < -0.3 is 0 Å². The van der Waals surface area contributed by atoms with Gasteiger partial charge in [-0.25, -0.2) is 0 Å². The normalized spacial score (nSPS) is 14.9. The monoisotopic (exact) mass is 588 g/mol. The molecule has 1 aromatic heterocycles. The predicted molar refractivity (Wildman–Crippen MR) is 110 cm³/mol. The predicted octanol–water partition coefficient (Wildman–Crippen LogP) is 4.88. The van der Waals surface area contributed by atoms with Crippen molar-refractivity contribution in [2.24, 2.45) is 0 Å². The maximum absolute atomic E-state index is 13.4. The van der Waals surface area contributed by atoms with Crippen LogP contribution < -0.4 is 9.03 Å². The van der Waals surface area contributed by atoms with E-state index in [9.17, 15) is 31.1 Å². The zero-order valence-electron chi connectivity index (χ0n) is 17.2. The van der Waals surface area contributed by atoms with Crippen molar-refractivity contribution in [2.75, 3.05) is 11.9 Å². The molecule has 0 saturated heterocycles. The van der Waals surface area contributed by atoms with Crippen molar-refractivity contribution >= 4 is 51.2 Å². The summed E-state index contributed by atoms with van der Waals surface area (Å²) in [5.74, 6) is -2.03. The second-order valence-electron chi connectivity index (χ2n) is 8.40. The van der Waals surface area contributed by atoms with Gasteiger partial charge in [-0.3, -0.25) is 0 Å². The van der Waals surface area contributed by atoms with Gasteiger partial charge in [0.2, 0.25) is 0 Å². The third kappa shape index (κ3) is 5.41. The summed E-state index contributed by atoms with van der Waals surface area (Å²) in [4.78, 5) is 25.5. The third-order valence-corrected chi connectivity index (χ3v) is 10.3. The van der Waals surface area contributed by atoms with E-state index in [0.29, 0.717) is 16.0 Å². The Labute approximate surface area is 189 Å². The van der Waals surface area contributed by atoms with Crippen molar-refractivity contribution in [2.45, 2.75) is 40.1 Å². The van der Waals surface area contributed by atoms with Crippen LogP contribution in [0.2, 0.25) is 19.8 Å². The van der Waals surface area contributed by atoms with Crippen LogP contribution >= 0.6 is 11.6 Å². The molecule has 0 aliphatic carbocycles. The minimum absolute atomic E-state index is 0.0136. The molecule has 1 amide bonds. The van der Waals surface area contributed by atoms with Crippen LogP contribution in [0.4, 0.5) is 38.0 Å². The van der Waals surface area contributed by atoms with Gasteiger partial charge in [-0.15, -0.1) is 0 Å². The van der Waals surface area contributed by atoms with Gasteiger partial charge in [-0.2, -0.15) is 0 Å². The van der Waals surface area contributed by atoms with Gasteiger partial charge in [0.05, 0.1) is 0 Å². The number of aromatic nitrogens is 2. The van der Waals surface area contributed by atoms with Crippen LogP contribution in [0.1, 0.15) is 16.7 Å². The van der Waals surface area contributed by atoms with E-state index in [1.807, 2.05) is 0 Å². The number of amides is 1. The first kappa shape index (κ1) is 24.9. The number of anilines is 2. The average molecular weight is 588 g/mol. The standard InChI is InChI=1S/C16H10ClF6N4O.3CH3.Sn/c17-11-3-8-1-2-27(13(28)16(21,22)23)7-9(8)4-12(11)26-14-24-5-10(6-25-14)15(18,19)20;;;;/h3-5H,1-2,7H2,(H,24,25,26);3*1H3;. The van der Waals surface area contributed by atoms with Crippen molar-refractivity contribution in [1.29, 1.82) is 0 Å². The third-order valence-electron chi connectivity index (χ3n) is 4.88. The van der Waals surface area contributed by atoms with Gasteiger partial charge in [0.25, 0.3) is 0 Å². The fourth-order valence-corrected chi connectivity index (χ4v) is 7.76. The summed E-state index contributed by atoms with van der Waals surface area (Å²) in [5, 5.41) is 2.99. The Morgan fingerprint density at radius 2 is 1.78 bits per heavy atom. The first-order chi connectivity index (χ1) is 14.6. The first-order valence-electron chi connectivity index (χ1n) is 9.46. The van der Waals surface area contributed by atoms with E-state index in [0.717, 1.165) is 6.20 Å². The van der Waals surface area contributed by atoms with Gasteiger partial charge in [0.15, 0.2) is 0 Å². The number of nitrogens with one attached hydrogen (secondary N) is 1. The van der Waals surface area contributed by atoms with Gasteiger partial charge in [-0.05, 0) is 0 Å². The van der Waals surface area contributed by atoms with Crippen molar-refractivity contribution in [3.8, 4) is 0 Å². The van der Waals surface area contributed by atoms with E-state index in [4.69, 9.17) is 11.6 Å². The summed E-state index contributed by atoms with van der Waals surface area (Å²) >= 11 is 2.96. The van der Waals surface area contributed by atoms with Crippen LogP contribution in [0.25, 0.3) is 0 Å². The molecule has 32 heavy (non-hydrogen) atoms. The molecular weight excluding hydrogens is 568 g/mol. The summed E-state index contributed by atoms with van der Waals surface area (Å²) in [7, 11) is 0. The summed E-state index contributed by atoms with van der Waals surface area (Å²) < 4.78 is 78.4. The number of nitrogens with zero attached hydrogens (tertiary/aromatic N) is 3. The number of alkyl halides is 6. The number of rotatable bonds is 3. The molecule has 0 saturated carbocycles. The molecule has 0 radical (unpaired) electrons. The summed E-state index contributed by atoms with van der Waals surface area (Å²) in [6.45, 7) is -0.366. The Morgan fingerprint density at radius 3 is 2.34 bits per heavy atom. The number of carbonyl (C=O) groups excluding carboxylic acids is 1. The molecule has 5 nitrogen and oxygen atoms in total. The Hall–Kier alpha value is -1.76. The molecule has 0 fully saturated rings. The molecule has 1 N–H and O–H groups in total. The molecule has 0 atom stereocenters. The van der Waals surface area contributed by atoms with Crippen LogP contribution in [0.3, 0.4) is 0 Å². The van der Waals surface area contributed by atoms with Crippen molar-refractivity contribution in [3.63, 3.8) is 0 Å². The average Bonchev–Trinajstić information content (AvgIpc) is 2.65. The SMILES string of the molecule is [CH3][Sn]([CH3])([CH3])[c]1nc(Nc2cc3c(cc2Cl)CCN(C(=O)C(F)(F)F)C3)ncc1C(F)(F)F. The van der Waals surface area contributed by atoms with Gasteiger partial charge in [0, 0.05) is 0 Å². The van der Waals surface area contributed by atoms with Gasteiger partial charge in [-0.1, -0.05) is 0 Å². The van der Waals surface area contributed by atoms with E-state index in [-0.39, 0.29) is 39.9 Å². The van der Waals surface area contributed by atoms with E-state index < -0.39 is 42.2 Å². The van der Waals surface area contributed by atoms with Crippen LogP contribution in [0, 0.1) is 0 Å². The molecular formula is C19H19ClF6N4OSn. The number of halogens is 7. The quantitative estimate of drug-likeness (QED) is 0.411. The van der Waals surface area contributed by atoms with E-state index in [1.54, 1.807) is 20.9 Å². The fraction of sp³-hybridized carbons (Fsp3) is 0.421. The topological polar surface area (TPSA) is 58.1 Å². The molecule has 1 aromatic carbocycles. The fourth-order valence-electron chi connectivity index (χ4n) is 3.37. The number of fused-ring (bicyclic) bond motifs is 1. The van der Waals surface area contributed by atoms with Crippen LogP contribution in [0.5, 0.6) is 0 Å². The number of benzene rings is 1. The number of hydrogen-bond donors (Lipinski definition) is 1. The summed E-state index contributed by atoms with van der Waals surface area (Å²) in [6, 6.07) is 3.02. The molecule has 0 unspecified atom stereocenters. The van der Waals surface area contributed by atoms with Crippen LogP contribution in [-0.4, -0.2) is 51.9 Å². The Bertz CT molecular complexity index is 1050. The first-order valence-corrected chi connectivity index (χ1v) is 19.8. The second-order valence-corrected chi connectivity index (χ2v) is 23.0. The molecule has 1 aliphatic heterocycles. The van der Waals surface area contributed by atoms with E-state index in [2.05, 4.69) is 15.3 Å². The van der Waals surface area contributed by atoms with Gasteiger partial charge in [0.1, 0.15) is 0 Å². The molecule has 13 heteroatoms. The Kier molecular flexibility index (Phi) is 6.64. The molecule has 0 bridgehead atoms. The van der Waals surface area contributed by atoms with E-state index >= 15 is 0 Å². The second kappa shape index (κ2) is 8.54. The molecule has 174 valence electrons. The zero-order chi connectivity index (χ0) is 24.1. The Balaban J connectivity index is 1.93. The Morgan fingerprint density at radius 1 is 1.12 bits per heavy atom. The van der Waals surface area contributed by atoms with Gasteiger partial charge >= 0.3 is 189 Å². The molecule has 2 heterocycles. The zero-order valence-corrected chi connectivity index (χ0v) is 20.9. The molecule has 3 rings (SSSR count). The van der Waals surface area contributed by atoms with Crippen molar-refractivity contribution < 1.29 is 31.1 Å². The van der Waals surface area contributed by atoms with Crippen LogP contribution in [0.15, 0.2) is 18.3 Å². The molecule has 1 aliphatic rings. The number of carbonyl (C=O) groups is 1.